The van der Waals surface area contributed by atoms with E-state index in [1.165, 1.54) is 5.56 Å². The summed E-state index contributed by atoms with van der Waals surface area (Å²) in [5.74, 6) is 0.412. The second kappa shape index (κ2) is 7.73. The maximum atomic E-state index is 12.7. The number of imidazole rings is 1. The molecular formula is C25H26N4O2. The molecule has 6 nitrogen and oxygen atoms in total. The van der Waals surface area contributed by atoms with Gasteiger partial charge in [0, 0.05) is 13.1 Å². The molecule has 2 fully saturated rings. The molecule has 1 saturated carbocycles. The lowest BCUT2D eigenvalue weighted by atomic mass is 9.78. The summed E-state index contributed by atoms with van der Waals surface area (Å²) in [7, 11) is 0. The van der Waals surface area contributed by atoms with E-state index in [4.69, 9.17) is 11.3 Å². The average molecular weight is 415 g/mol. The van der Waals surface area contributed by atoms with Crippen molar-refractivity contribution in [3.63, 3.8) is 0 Å². The summed E-state index contributed by atoms with van der Waals surface area (Å²) < 4.78 is 8.15. The van der Waals surface area contributed by atoms with Crippen LogP contribution in [0.3, 0.4) is 0 Å². The van der Waals surface area contributed by atoms with E-state index in [2.05, 4.69) is 39.5 Å². The van der Waals surface area contributed by atoms with Gasteiger partial charge in [-0.15, -0.1) is 0 Å². The summed E-state index contributed by atoms with van der Waals surface area (Å²) in [6.45, 7) is 11.4. The number of hydrogen-bond acceptors (Lipinski definition) is 3. The first-order chi connectivity index (χ1) is 15.0. The molecule has 0 bridgehead atoms. The highest BCUT2D eigenvalue weighted by molar-refractivity contribution is 5.79. The lowest BCUT2D eigenvalue weighted by Crippen LogP contribution is -2.40. The van der Waals surface area contributed by atoms with Gasteiger partial charge >= 0.3 is 6.09 Å². The van der Waals surface area contributed by atoms with Gasteiger partial charge in [0.05, 0.1) is 30.5 Å². The van der Waals surface area contributed by atoms with Crippen LogP contribution in [-0.4, -0.2) is 32.7 Å². The van der Waals surface area contributed by atoms with Gasteiger partial charge in [-0.25, -0.2) is 14.6 Å². The Hall–Kier alpha value is -3.33. The molecule has 1 saturated heterocycles. The van der Waals surface area contributed by atoms with Crippen molar-refractivity contribution < 1.29 is 9.53 Å². The number of carbonyl (C=O) groups excluding carboxylic acids is 1. The van der Waals surface area contributed by atoms with E-state index in [9.17, 15) is 4.79 Å². The van der Waals surface area contributed by atoms with Gasteiger partial charge in [0.25, 0.3) is 0 Å². The molecule has 1 aromatic heterocycles. The number of carbonyl (C=O) groups is 1. The Balaban J connectivity index is 1.30. The fourth-order valence-electron chi connectivity index (χ4n) is 5.22. The van der Waals surface area contributed by atoms with Crippen LogP contribution in [0.5, 0.6) is 0 Å². The molecular weight excluding hydrogens is 388 g/mol. The third-order valence-electron chi connectivity index (χ3n) is 6.59. The molecule has 158 valence electrons. The van der Waals surface area contributed by atoms with E-state index in [-0.39, 0.29) is 11.7 Å². The fourth-order valence-corrected chi connectivity index (χ4v) is 5.22. The van der Waals surface area contributed by atoms with Gasteiger partial charge in [-0.2, -0.15) is 0 Å². The average Bonchev–Trinajstić information content (AvgIpc) is 3.28. The third kappa shape index (κ3) is 3.88. The molecule has 1 amide bonds. The van der Waals surface area contributed by atoms with Crippen LogP contribution in [0.2, 0.25) is 0 Å². The van der Waals surface area contributed by atoms with E-state index in [0.717, 1.165) is 48.8 Å². The van der Waals surface area contributed by atoms with Crippen molar-refractivity contribution in [2.75, 3.05) is 6.54 Å². The smallest absolute Gasteiger partial charge is 0.410 e. The minimum atomic E-state index is -0.387. The van der Waals surface area contributed by atoms with E-state index in [0.29, 0.717) is 24.7 Å². The largest absolute Gasteiger partial charge is 0.441 e. The van der Waals surface area contributed by atoms with Crippen molar-refractivity contribution in [2.24, 2.45) is 5.92 Å². The Kier molecular flexibility index (Phi) is 4.90. The van der Waals surface area contributed by atoms with Gasteiger partial charge in [0.1, 0.15) is 5.60 Å². The maximum Gasteiger partial charge on any atom is 0.410 e. The van der Waals surface area contributed by atoms with Crippen molar-refractivity contribution in [1.82, 2.24) is 14.5 Å². The van der Waals surface area contributed by atoms with Gasteiger partial charge in [-0.3, -0.25) is 4.90 Å². The zero-order chi connectivity index (χ0) is 21.4. The Labute approximate surface area is 182 Å². The Morgan fingerprint density at radius 1 is 1.29 bits per heavy atom. The van der Waals surface area contributed by atoms with E-state index >= 15 is 0 Å². The van der Waals surface area contributed by atoms with Crippen molar-refractivity contribution >= 4 is 22.8 Å². The predicted molar refractivity (Wildman–Crippen MR) is 119 cm³/mol. The topological polar surface area (TPSA) is 51.7 Å². The van der Waals surface area contributed by atoms with Crippen molar-refractivity contribution in [3.05, 3.63) is 71.3 Å². The van der Waals surface area contributed by atoms with Crippen molar-refractivity contribution in [3.8, 4) is 0 Å². The summed E-state index contributed by atoms with van der Waals surface area (Å²) >= 11 is 0. The predicted octanol–water partition coefficient (Wildman–Crippen LogP) is 5.48. The fraction of sp³-hybridized carbons (Fsp3) is 0.400. The summed E-state index contributed by atoms with van der Waals surface area (Å²) in [6.07, 6.45) is 5.62. The minimum Gasteiger partial charge on any atom is -0.441 e. The molecule has 1 aliphatic carbocycles. The van der Waals surface area contributed by atoms with Crippen LogP contribution in [0.15, 0.2) is 48.8 Å². The van der Waals surface area contributed by atoms with Crippen LogP contribution in [0.25, 0.3) is 15.9 Å². The van der Waals surface area contributed by atoms with Gasteiger partial charge < -0.3 is 9.30 Å². The van der Waals surface area contributed by atoms with Crippen LogP contribution >= 0.6 is 0 Å². The highest BCUT2D eigenvalue weighted by atomic mass is 16.6. The monoisotopic (exact) mass is 414 g/mol. The first-order valence-corrected chi connectivity index (χ1v) is 10.9. The lowest BCUT2D eigenvalue weighted by Gasteiger charge is -2.36. The molecule has 2 aliphatic rings. The van der Waals surface area contributed by atoms with Gasteiger partial charge in [0.15, 0.2) is 5.69 Å². The van der Waals surface area contributed by atoms with Crippen LogP contribution in [0.1, 0.15) is 36.8 Å². The standard InChI is InChI=1S/C25H26N4O2/c1-18-5-3-6-19(11-18)14-28-16-25(31-24(28)30)10-4-7-20(13-25)15-29-17-27-22-9-8-21(26-2)12-23(22)29/h3,5-6,8-9,11-12,17,20H,4,7,10,13-16H2,1H3/t20-,25-/m0/s1. The first-order valence-electron chi connectivity index (χ1n) is 10.9. The van der Waals surface area contributed by atoms with E-state index in [1.54, 1.807) is 0 Å². The summed E-state index contributed by atoms with van der Waals surface area (Å²) in [4.78, 5) is 22.6. The van der Waals surface area contributed by atoms with Crippen molar-refractivity contribution in [1.29, 1.82) is 0 Å². The number of benzene rings is 2. The molecule has 5 rings (SSSR count). The minimum absolute atomic E-state index is 0.197. The Morgan fingerprint density at radius 2 is 2.19 bits per heavy atom. The third-order valence-corrected chi connectivity index (χ3v) is 6.59. The number of aromatic nitrogens is 2. The van der Waals surface area contributed by atoms with Crippen LogP contribution in [0, 0.1) is 19.4 Å². The molecule has 6 heteroatoms. The second-order valence-corrected chi connectivity index (χ2v) is 9.04. The quantitative estimate of drug-likeness (QED) is 0.532. The summed E-state index contributed by atoms with van der Waals surface area (Å²) in [5.41, 5.74) is 4.49. The number of fused-ring (bicyclic) bond motifs is 1. The van der Waals surface area contributed by atoms with Crippen molar-refractivity contribution in [2.45, 2.75) is 51.3 Å². The number of ether oxygens (including phenoxy) is 1. The van der Waals surface area contributed by atoms with E-state index < -0.39 is 0 Å². The highest BCUT2D eigenvalue weighted by Crippen LogP contribution is 2.41. The second-order valence-electron chi connectivity index (χ2n) is 9.04. The normalized spacial score (nSPS) is 23.3. The van der Waals surface area contributed by atoms with Crippen LogP contribution < -0.4 is 0 Å². The Bertz CT molecular complexity index is 1180. The van der Waals surface area contributed by atoms with Crippen LogP contribution in [0.4, 0.5) is 10.5 Å². The molecule has 0 N–H and O–H groups in total. The van der Waals surface area contributed by atoms with Gasteiger partial charge in [-0.1, -0.05) is 35.9 Å². The number of hydrogen-bond donors (Lipinski definition) is 0. The zero-order valence-corrected chi connectivity index (χ0v) is 17.8. The molecule has 0 unspecified atom stereocenters. The summed E-state index contributed by atoms with van der Waals surface area (Å²) in [6, 6.07) is 13.9. The first kappa shape index (κ1) is 19.6. The summed E-state index contributed by atoms with van der Waals surface area (Å²) in [5, 5.41) is 0. The molecule has 2 heterocycles. The number of aryl methyl sites for hydroxylation is 1. The zero-order valence-electron chi connectivity index (χ0n) is 17.8. The number of nitrogens with zero attached hydrogens (tertiary/aromatic N) is 4. The molecule has 0 radical (unpaired) electrons. The lowest BCUT2D eigenvalue weighted by molar-refractivity contribution is 0.00415. The van der Waals surface area contributed by atoms with Gasteiger partial charge in [0.2, 0.25) is 0 Å². The van der Waals surface area contributed by atoms with E-state index in [1.807, 2.05) is 35.5 Å². The molecule has 1 spiro atoms. The molecule has 3 aromatic rings. The van der Waals surface area contributed by atoms with Gasteiger partial charge in [-0.05, 0) is 56.2 Å². The molecule has 2 atom stereocenters. The number of amides is 1. The SMILES string of the molecule is [C-]#[N+]c1ccc2ncn(C[C@H]3CCC[C@]4(C3)CN(Cc3cccc(C)c3)C(=O)O4)c2c1. The molecule has 31 heavy (non-hydrogen) atoms. The molecule has 1 aliphatic heterocycles. The molecule has 2 aromatic carbocycles. The van der Waals surface area contributed by atoms with Crippen LogP contribution in [-0.2, 0) is 17.8 Å². The number of rotatable bonds is 4. The maximum absolute atomic E-state index is 12.7. The highest BCUT2D eigenvalue weighted by Gasteiger charge is 2.47. The Morgan fingerprint density at radius 3 is 3.03 bits per heavy atom.